The molecule has 14 heavy (non-hydrogen) atoms. The average molecular weight is 201 g/mol. The third-order valence-electron chi connectivity index (χ3n) is 2.36. The van der Waals surface area contributed by atoms with Crippen LogP contribution in [-0.2, 0) is 19.1 Å². The van der Waals surface area contributed by atoms with E-state index >= 15 is 0 Å². The zero-order valence-electron chi connectivity index (χ0n) is 8.36. The highest BCUT2D eigenvalue weighted by Gasteiger charge is 2.50. The highest BCUT2D eigenvalue weighted by Crippen LogP contribution is 2.41. The lowest BCUT2D eigenvalue weighted by Crippen LogP contribution is -2.35. The second-order valence-corrected chi connectivity index (χ2v) is 3.31. The Morgan fingerprint density at radius 3 is 2.71 bits per heavy atom. The van der Waals surface area contributed by atoms with Gasteiger partial charge in [0.1, 0.15) is 6.04 Å². The number of ether oxygens (including phenoxy) is 2. The molecule has 1 rings (SSSR count). The summed E-state index contributed by atoms with van der Waals surface area (Å²) in [6.07, 6.45) is 0.618. The smallest absolute Gasteiger partial charge is 0.323 e. The molecule has 1 saturated carbocycles. The molecule has 5 nitrogen and oxygen atoms in total. The van der Waals surface area contributed by atoms with E-state index in [-0.39, 0.29) is 17.8 Å². The number of rotatable bonds is 4. The summed E-state index contributed by atoms with van der Waals surface area (Å²) in [4.78, 5) is 22.2. The van der Waals surface area contributed by atoms with E-state index in [1.165, 1.54) is 7.11 Å². The minimum Gasteiger partial charge on any atom is -0.469 e. The molecule has 0 saturated heterocycles. The van der Waals surface area contributed by atoms with E-state index < -0.39 is 12.0 Å². The van der Waals surface area contributed by atoms with Gasteiger partial charge in [-0.25, -0.2) is 0 Å². The molecule has 5 heteroatoms. The summed E-state index contributed by atoms with van der Waals surface area (Å²) in [5, 5.41) is 0. The fraction of sp³-hybridized carbons (Fsp3) is 0.778. The average Bonchev–Trinajstić information content (AvgIpc) is 2.95. The van der Waals surface area contributed by atoms with Gasteiger partial charge in [-0.3, -0.25) is 9.59 Å². The molecule has 3 atom stereocenters. The number of carbonyl (C=O) groups is 2. The van der Waals surface area contributed by atoms with Crippen LogP contribution in [0, 0.1) is 11.8 Å². The van der Waals surface area contributed by atoms with Crippen LogP contribution >= 0.6 is 0 Å². The normalized spacial score (nSPS) is 26.5. The molecule has 0 bridgehead atoms. The number of hydrogen-bond acceptors (Lipinski definition) is 5. The van der Waals surface area contributed by atoms with Crippen LogP contribution in [0.1, 0.15) is 13.3 Å². The van der Waals surface area contributed by atoms with Crippen molar-refractivity contribution in [3.63, 3.8) is 0 Å². The summed E-state index contributed by atoms with van der Waals surface area (Å²) in [5.41, 5.74) is 5.61. The van der Waals surface area contributed by atoms with E-state index in [1.807, 2.05) is 0 Å². The molecule has 2 N–H and O–H groups in total. The summed E-state index contributed by atoms with van der Waals surface area (Å²) in [6, 6.07) is -0.695. The Labute approximate surface area is 82.5 Å². The molecule has 0 aromatic carbocycles. The summed E-state index contributed by atoms with van der Waals surface area (Å²) >= 11 is 0. The van der Waals surface area contributed by atoms with Crippen molar-refractivity contribution in [2.75, 3.05) is 13.7 Å². The number of carbonyl (C=O) groups excluding carboxylic acids is 2. The summed E-state index contributed by atoms with van der Waals surface area (Å²) in [7, 11) is 1.33. The third-order valence-corrected chi connectivity index (χ3v) is 2.36. The zero-order chi connectivity index (χ0) is 10.7. The number of esters is 2. The molecule has 0 spiro atoms. The Morgan fingerprint density at radius 1 is 1.57 bits per heavy atom. The predicted molar refractivity (Wildman–Crippen MR) is 48.2 cm³/mol. The van der Waals surface area contributed by atoms with E-state index in [9.17, 15) is 9.59 Å². The maximum Gasteiger partial charge on any atom is 0.323 e. The predicted octanol–water partition coefficient (Wildman–Crippen LogP) is -0.314. The lowest BCUT2D eigenvalue weighted by Gasteiger charge is -2.09. The van der Waals surface area contributed by atoms with Crippen LogP contribution in [-0.4, -0.2) is 31.7 Å². The maximum atomic E-state index is 11.2. The minimum absolute atomic E-state index is 0.110. The standard InChI is InChI=1S/C9H15NO4/c1-3-14-9(12)7(10)5-4-6(5)8(11)13-2/h5-7H,3-4,10H2,1-2H3/t5-,6-,7?/m1/s1. The highest BCUT2D eigenvalue weighted by atomic mass is 16.5. The first kappa shape index (κ1) is 11.0. The number of nitrogens with two attached hydrogens (primary N) is 1. The number of methoxy groups -OCH3 is 1. The molecule has 80 valence electrons. The first-order chi connectivity index (χ1) is 6.61. The fourth-order valence-electron chi connectivity index (χ4n) is 1.45. The van der Waals surface area contributed by atoms with Gasteiger partial charge >= 0.3 is 11.9 Å². The van der Waals surface area contributed by atoms with E-state index in [0.717, 1.165) is 0 Å². The first-order valence-electron chi connectivity index (χ1n) is 4.61. The summed E-state index contributed by atoms with van der Waals surface area (Å²) in [6.45, 7) is 2.03. The van der Waals surface area contributed by atoms with Gasteiger partial charge in [0.05, 0.1) is 19.6 Å². The van der Waals surface area contributed by atoms with Crippen molar-refractivity contribution in [2.45, 2.75) is 19.4 Å². The summed E-state index contributed by atoms with van der Waals surface area (Å²) in [5.74, 6) is -1.07. The van der Waals surface area contributed by atoms with Crippen LogP contribution in [0.25, 0.3) is 0 Å². The Hall–Kier alpha value is -1.10. The SMILES string of the molecule is CCOC(=O)C(N)[C@@H]1C[C@H]1C(=O)OC. The van der Waals surface area contributed by atoms with Crippen LogP contribution < -0.4 is 5.73 Å². The molecule has 0 aliphatic heterocycles. The Morgan fingerprint density at radius 2 is 2.21 bits per heavy atom. The Kier molecular flexibility index (Phi) is 3.46. The largest absolute Gasteiger partial charge is 0.469 e. The molecule has 1 fully saturated rings. The Balaban J connectivity index is 2.38. The third kappa shape index (κ3) is 2.23. The summed E-state index contributed by atoms with van der Waals surface area (Å²) < 4.78 is 9.30. The van der Waals surface area contributed by atoms with Gasteiger partial charge in [0, 0.05) is 0 Å². The van der Waals surface area contributed by atoms with Crippen LogP contribution in [0.2, 0.25) is 0 Å². The van der Waals surface area contributed by atoms with Crippen molar-refractivity contribution < 1.29 is 19.1 Å². The molecular formula is C9H15NO4. The van der Waals surface area contributed by atoms with Gasteiger partial charge in [-0.05, 0) is 19.3 Å². The van der Waals surface area contributed by atoms with Gasteiger partial charge in [0.15, 0.2) is 0 Å². The van der Waals surface area contributed by atoms with Gasteiger partial charge in [-0.15, -0.1) is 0 Å². The topological polar surface area (TPSA) is 78.6 Å². The minimum atomic E-state index is -0.695. The van der Waals surface area contributed by atoms with Crippen molar-refractivity contribution in [3.05, 3.63) is 0 Å². The molecule has 0 aromatic heterocycles. The van der Waals surface area contributed by atoms with Gasteiger partial charge in [-0.1, -0.05) is 0 Å². The van der Waals surface area contributed by atoms with Crippen LogP contribution in [0.15, 0.2) is 0 Å². The second-order valence-electron chi connectivity index (χ2n) is 3.31. The monoisotopic (exact) mass is 201 g/mol. The van der Waals surface area contributed by atoms with Crippen molar-refractivity contribution >= 4 is 11.9 Å². The lowest BCUT2D eigenvalue weighted by atomic mass is 10.1. The van der Waals surface area contributed by atoms with Gasteiger partial charge < -0.3 is 15.2 Å². The zero-order valence-corrected chi connectivity index (χ0v) is 8.36. The van der Waals surface area contributed by atoms with Crippen molar-refractivity contribution in [1.29, 1.82) is 0 Å². The molecule has 0 amide bonds. The van der Waals surface area contributed by atoms with Gasteiger partial charge in [0.25, 0.3) is 0 Å². The van der Waals surface area contributed by atoms with Crippen LogP contribution in [0.3, 0.4) is 0 Å². The van der Waals surface area contributed by atoms with Gasteiger partial charge in [-0.2, -0.15) is 0 Å². The maximum absolute atomic E-state index is 11.2. The molecule has 0 heterocycles. The molecule has 1 aliphatic rings. The number of hydrogen-bond donors (Lipinski definition) is 1. The van der Waals surface area contributed by atoms with Crippen molar-refractivity contribution in [2.24, 2.45) is 17.6 Å². The lowest BCUT2D eigenvalue weighted by molar-refractivity contribution is -0.146. The highest BCUT2D eigenvalue weighted by molar-refractivity contribution is 5.81. The van der Waals surface area contributed by atoms with E-state index in [2.05, 4.69) is 4.74 Å². The van der Waals surface area contributed by atoms with Crippen molar-refractivity contribution in [1.82, 2.24) is 0 Å². The van der Waals surface area contributed by atoms with Crippen LogP contribution in [0.4, 0.5) is 0 Å². The molecule has 1 unspecified atom stereocenters. The van der Waals surface area contributed by atoms with Gasteiger partial charge in [0.2, 0.25) is 0 Å². The quantitative estimate of drug-likeness (QED) is 0.631. The van der Waals surface area contributed by atoms with Crippen molar-refractivity contribution in [3.8, 4) is 0 Å². The van der Waals surface area contributed by atoms with E-state index in [1.54, 1.807) is 6.92 Å². The second kappa shape index (κ2) is 4.41. The molecule has 0 radical (unpaired) electrons. The Bertz CT molecular complexity index is 241. The van der Waals surface area contributed by atoms with E-state index in [4.69, 9.17) is 10.5 Å². The molecule has 1 aliphatic carbocycles. The molecule has 0 aromatic rings. The first-order valence-corrected chi connectivity index (χ1v) is 4.61. The fourth-order valence-corrected chi connectivity index (χ4v) is 1.45. The van der Waals surface area contributed by atoms with Crippen LogP contribution in [0.5, 0.6) is 0 Å². The molecular weight excluding hydrogens is 186 g/mol. The van der Waals surface area contributed by atoms with E-state index in [0.29, 0.717) is 13.0 Å².